The third kappa shape index (κ3) is 2.68. The fourth-order valence-corrected chi connectivity index (χ4v) is 3.34. The van der Waals surface area contributed by atoms with E-state index in [1.807, 2.05) is 0 Å². The molecule has 1 aliphatic heterocycles. The molecule has 110 valence electrons. The number of hydrogen-bond donors (Lipinski definition) is 1. The Bertz CT molecular complexity index is 605. The van der Waals surface area contributed by atoms with Crippen LogP contribution in [0.3, 0.4) is 0 Å². The molecule has 2 heteroatoms. The van der Waals surface area contributed by atoms with Crippen molar-refractivity contribution in [2.24, 2.45) is 5.92 Å². The highest BCUT2D eigenvalue weighted by atomic mass is 16.3. The molecule has 1 aliphatic rings. The molecule has 21 heavy (non-hydrogen) atoms. The Balaban J connectivity index is 2.02. The number of aliphatic hydroxyl groups is 1. The van der Waals surface area contributed by atoms with Crippen LogP contribution in [0.2, 0.25) is 0 Å². The Hall–Kier alpha value is -1.80. The first-order chi connectivity index (χ1) is 10.2. The molecule has 2 aromatic carbocycles. The van der Waals surface area contributed by atoms with Crippen molar-refractivity contribution in [2.75, 3.05) is 18.1 Å². The van der Waals surface area contributed by atoms with E-state index in [0.29, 0.717) is 0 Å². The van der Waals surface area contributed by atoms with Gasteiger partial charge in [0.2, 0.25) is 0 Å². The highest BCUT2D eigenvalue weighted by Crippen LogP contribution is 2.38. The molecule has 2 atom stereocenters. The molecule has 0 bridgehead atoms. The lowest BCUT2D eigenvalue weighted by Crippen LogP contribution is -2.39. The number of hydrogen-bond acceptors (Lipinski definition) is 2. The second kappa shape index (κ2) is 5.90. The molecule has 2 nitrogen and oxygen atoms in total. The molecule has 3 rings (SSSR count). The maximum Gasteiger partial charge on any atom is 0.0592 e. The van der Waals surface area contributed by atoms with Crippen LogP contribution in [-0.2, 0) is 6.42 Å². The average Bonchev–Trinajstić information content (AvgIpc) is 2.54. The summed E-state index contributed by atoms with van der Waals surface area (Å²) in [6.07, 6.45) is 1.07. The van der Waals surface area contributed by atoms with Crippen molar-refractivity contribution in [3.63, 3.8) is 0 Å². The summed E-state index contributed by atoms with van der Waals surface area (Å²) >= 11 is 0. The van der Waals surface area contributed by atoms with Gasteiger partial charge in [-0.15, -0.1) is 0 Å². The minimum atomic E-state index is 0.210. The first kappa shape index (κ1) is 14.2. The van der Waals surface area contributed by atoms with Gasteiger partial charge in [-0.05, 0) is 36.6 Å². The molecular weight excluding hydrogens is 258 g/mol. The van der Waals surface area contributed by atoms with E-state index < -0.39 is 0 Å². The number of aryl methyl sites for hydroxylation is 1. The maximum absolute atomic E-state index is 9.69. The van der Waals surface area contributed by atoms with E-state index in [-0.39, 0.29) is 18.6 Å². The number of rotatable bonds is 3. The quantitative estimate of drug-likeness (QED) is 0.926. The van der Waals surface area contributed by atoms with Crippen molar-refractivity contribution in [2.45, 2.75) is 26.3 Å². The fraction of sp³-hybridized carbons (Fsp3) is 0.368. The van der Waals surface area contributed by atoms with Crippen molar-refractivity contribution in [1.29, 1.82) is 0 Å². The normalized spacial score (nSPS) is 19.2. The Morgan fingerprint density at radius 2 is 1.86 bits per heavy atom. The fourth-order valence-electron chi connectivity index (χ4n) is 3.34. The minimum absolute atomic E-state index is 0.210. The second-order valence-corrected chi connectivity index (χ2v) is 6.08. The summed E-state index contributed by atoms with van der Waals surface area (Å²) in [5.74, 6) is 0.216. The van der Waals surface area contributed by atoms with Gasteiger partial charge in [-0.3, -0.25) is 0 Å². The van der Waals surface area contributed by atoms with E-state index in [2.05, 4.69) is 67.3 Å². The number of anilines is 1. The van der Waals surface area contributed by atoms with Gasteiger partial charge in [-0.1, -0.05) is 48.9 Å². The van der Waals surface area contributed by atoms with Gasteiger partial charge in [-0.25, -0.2) is 0 Å². The molecule has 0 spiro atoms. The highest BCUT2D eigenvalue weighted by molar-refractivity contribution is 5.53. The number of fused-ring (bicyclic) bond motifs is 1. The largest absolute Gasteiger partial charge is 0.396 e. The summed E-state index contributed by atoms with van der Waals surface area (Å²) in [5.41, 5.74) is 5.32. The second-order valence-electron chi connectivity index (χ2n) is 6.08. The molecule has 0 amide bonds. The SMILES string of the molecule is Cc1ccc(N2CCc3ccccc3[C@H]2[C@@H](C)CO)cc1. The standard InChI is InChI=1S/C19H23NO/c1-14-7-9-17(10-8-14)20-12-11-16-5-3-4-6-18(16)19(20)15(2)13-21/h3-10,15,19,21H,11-13H2,1-2H3/t15-,19+/m0/s1. The van der Waals surface area contributed by atoms with Crippen LogP contribution in [0.1, 0.15) is 29.7 Å². The molecule has 1 heterocycles. The highest BCUT2D eigenvalue weighted by Gasteiger charge is 2.31. The Morgan fingerprint density at radius 1 is 1.14 bits per heavy atom. The summed E-state index contributed by atoms with van der Waals surface area (Å²) in [6, 6.07) is 17.6. The topological polar surface area (TPSA) is 23.5 Å². The van der Waals surface area contributed by atoms with Crippen LogP contribution in [-0.4, -0.2) is 18.3 Å². The first-order valence-corrected chi connectivity index (χ1v) is 7.72. The van der Waals surface area contributed by atoms with Crippen molar-refractivity contribution in [3.8, 4) is 0 Å². The van der Waals surface area contributed by atoms with Gasteiger partial charge in [0.15, 0.2) is 0 Å². The van der Waals surface area contributed by atoms with Crippen LogP contribution in [0.25, 0.3) is 0 Å². The van der Waals surface area contributed by atoms with Gasteiger partial charge in [-0.2, -0.15) is 0 Å². The lowest BCUT2D eigenvalue weighted by atomic mass is 9.85. The molecule has 0 saturated carbocycles. The van der Waals surface area contributed by atoms with Crippen LogP contribution < -0.4 is 4.90 Å². The van der Waals surface area contributed by atoms with E-state index in [4.69, 9.17) is 0 Å². The zero-order chi connectivity index (χ0) is 14.8. The van der Waals surface area contributed by atoms with Crippen molar-refractivity contribution in [1.82, 2.24) is 0 Å². The van der Waals surface area contributed by atoms with Gasteiger partial charge < -0.3 is 10.0 Å². The predicted octanol–water partition coefficient (Wildman–Crippen LogP) is 3.73. The maximum atomic E-state index is 9.69. The van der Waals surface area contributed by atoms with Crippen LogP contribution in [0.5, 0.6) is 0 Å². The van der Waals surface area contributed by atoms with E-state index >= 15 is 0 Å². The lowest BCUT2D eigenvalue weighted by molar-refractivity contribution is 0.210. The van der Waals surface area contributed by atoms with E-state index in [1.165, 1.54) is 22.4 Å². The van der Waals surface area contributed by atoms with Gasteiger partial charge in [0.05, 0.1) is 6.04 Å². The summed E-state index contributed by atoms with van der Waals surface area (Å²) in [6.45, 7) is 5.47. The number of benzene rings is 2. The third-order valence-corrected chi connectivity index (χ3v) is 4.52. The molecule has 0 fully saturated rings. The third-order valence-electron chi connectivity index (χ3n) is 4.52. The van der Waals surface area contributed by atoms with Crippen molar-refractivity contribution >= 4 is 5.69 Å². The molecule has 0 aromatic heterocycles. The van der Waals surface area contributed by atoms with Gasteiger partial charge in [0, 0.05) is 24.8 Å². The molecule has 0 aliphatic carbocycles. The van der Waals surface area contributed by atoms with Gasteiger partial charge in [0.25, 0.3) is 0 Å². The molecule has 1 N–H and O–H groups in total. The van der Waals surface area contributed by atoms with Crippen molar-refractivity contribution in [3.05, 3.63) is 65.2 Å². The van der Waals surface area contributed by atoms with Crippen LogP contribution >= 0.6 is 0 Å². The van der Waals surface area contributed by atoms with Crippen LogP contribution in [0, 0.1) is 12.8 Å². The summed E-state index contributed by atoms with van der Waals surface area (Å²) in [5, 5.41) is 9.69. The van der Waals surface area contributed by atoms with Gasteiger partial charge in [0.1, 0.15) is 0 Å². The van der Waals surface area contributed by atoms with Crippen molar-refractivity contribution < 1.29 is 5.11 Å². The lowest BCUT2D eigenvalue weighted by Gasteiger charge is -2.42. The zero-order valence-electron chi connectivity index (χ0n) is 12.8. The van der Waals surface area contributed by atoms with E-state index in [1.54, 1.807) is 0 Å². The molecular formula is C19H23NO. The molecule has 2 aromatic rings. The van der Waals surface area contributed by atoms with Crippen LogP contribution in [0.4, 0.5) is 5.69 Å². The Morgan fingerprint density at radius 3 is 2.57 bits per heavy atom. The molecule has 0 saturated heterocycles. The first-order valence-electron chi connectivity index (χ1n) is 7.72. The smallest absolute Gasteiger partial charge is 0.0592 e. The zero-order valence-corrected chi connectivity index (χ0v) is 12.8. The Kier molecular flexibility index (Phi) is 3.98. The minimum Gasteiger partial charge on any atom is -0.396 e. The summed E-state index contributed by atoms with van der Waals surface area (Å²) < 4.78 is 0. The average molecular weight is 281 g/mol. The Labute approximate surface area is 127 Å². The van der Waals surface area contributed by atoms with E-state index in [9.17, 15) is 5.11 Å². The summed E-state index contributed by atoms with van der Waals surface area (Å²) in [4.78, 5) is 2.45. The number of nitrogens with zero attached hydrogens (tertiary/aromatic N) is 1. The predicted molar refractivity (Wildman–Crippen MR) is 87.7 cm³/mol. The molecule has 0 unspecified atom stereocenters. The molecule has 0 radical (unpaired) electrons. The van der Waals surface area contributed by atoms with Gasteiger partial charge >= 0.3 is 0 Å². The summed E-state index contributed by atoms with van der Waals surface area (Å²) in [7, 11) is 0. The van der Waals surface area contributed by atoms with Crippen LogP contribution in [0.15, 0.2) is 48.5 Å². The number of aliphatic hydroxyl groups excluding tert-OH is 1. The van der Waals surface area contributed by atoms with E-state index in [0.717, 1.165) is 13.0 Å². The monoisotopic (exact) mass is 281 g/mol.